The van der Waals surface area contributed by atoms with Crippen LogP contribution in [0.2, 0.25) is 0 Å². The number of aromatic nitrogens is 2. The first-order valence-corrected chi connectivity index (χ1v) is 5.31. The number of anilines is 2. The van der Waals surface area contributed by atoms with Crippen molar-refractivity contribution in [1.29, 1.82) is 0 Å². The van der Waals surface area contributed by atoms with E-state index in [0.29, 0.717) is 12.4 Å². The van der Waals surface area contributed by atoms with Gasteiger partial charge in [-0.05, 0) is 5.56 Å². The molecule has 2 rings (SSSR count). The van der Waals surface area contributed by atoms with Gasteiger partial charge >= 0.3 is 5.97 Å². The quantitative estimate of drug-likeness (QED) is 0.750. The summed E-state index contributed by atoms with van der Waals surface area (Å²) in [4.78, 5) is 10.9. The van der Waals surface area contributed by atoms with Crippen LogP contribution in [0.4, 0.5) is 11.6 Å². The lowest BCUT2D eigenvalue weighted by atomic mass is 10.2. The predicted octanol–water partition coefficient (Wildman–Crippen LogP) is 1.37. The average Bonchev–Trinajstić information content (AvgIpc) is 2.38. The molecule has 1 aromatic heterocycles. The summed E-state index contributed by atoms with van der Waals surface area (Å²) in [5.74, 6) is -0.830. The lowest BCUT2D eigenvalue weighted by molar-refractivity contribution is 0.0697. The first kappa shape index (κ1) is 11.8. The second-order valence-electron chi connectivity index (χ2n) is 3.67. The number of aromatic carboxylic acids is 1. The second-order valence-corrected chi connectivity index (χ2v) is 3.67. The summed E-state index contributed by atoms with van der Waals surface area (Å²) in [7, 11) is 0. The SMILES string of the molecule is Nc1nnc(NCc2ccccc2)cc1C(=O)O. The highest BCUT2D eigenvalue weighted by Crippen LogP contribution is 2.12. The molecular weight excluding hydrogens is 232 g/mol. The third kappa shape index (κ3) is 2.73. The van der Waals surface area contributed by atoms with Crippen LogP contribution in [0.15, 0.2) is 36.4 Å². The van der Waals surface area contributed by atoms with Gasteiger partial charge in [0.05, 0.1) is 0 Å². The first-order valence-electron chi connectivity index (χ1n) is 5.31. The number of carbonyl (C=O) groups is 1. The van der Waals surface area contributed by atoms with Crippen molar-refractivity contribution in [3.05, 3.63) is 47.5 Å². The molecule has 0 aliphatic rings. The van der Waals surface area contributed by atoms with Gasteiger partial charge in [0.25, 0.3) is 0 Å². The zero-order valence-corrected chi connectivity index (χ0v) is 9.50. The highest BCUT2D eigenvalue weighted by molar-refractivity contribution is 5.93. The maximum absolute atomic E-state index is 10.9. The molecule has 4 N–H and O–H groups in total. The molecule has 0 saturated heterocycles. The first-order chi connectivity index (χ1) is 8.66. The molecule has 0 aliphatic heterocycles. The molecule has 6 heteroatoms. The van der Waals surface area contributed by atoms with Gasteiger partial charge in [-0.1, -0.05) is 30.3 Å². The summed E-state index contributed by atoms with van der Waals surface area (Å²) in [5, 5.41) is 19.3. The van der Waals surface area contributed by atoms with Crippen molar-refractivity contribution in [2.45, 2.75) is 6.54 Å². The number of rotatable bonds is 4. The van der Waals surface area contributed by atoms with E-state index in [9.17, 15) is 4.79 Å². The van der Waals surface area contributed by atoms with E-state index < -0.39 is 5.97 Å². The van der Waals surface area contributed by atoms with Crippen LogP contribution in [0.5, 0.6) is 0 Å². The van der Waals surface area contributed by atoms with E-state index in [2.05, 4.69) is 15.5 Å². The maximum Gasteiger partial charge on any atom is 0.339 e. The molecule has 1 heterocycles. The number of benzene rings is 1. The van der Waals surface area contributed by atoms with Gasteiger partial charge in [-0.2, -0.15) is 0 Å². The molecule has 0 radical (unpaired) electrons. The van der Waals surface area contributed by atoms with Crippen LogP contribution >= 0.6 is 0 Å². The van der Waals surface area contributed by atoms with E-state index in [4.69, 9.17) is 10.8 Å². The lowest BCUT2D eigenvalue weighted by Gasteiger charge is -2.06. The van der Waals surface area contributed by atoms with E-state index in [1.165, 1.54) is 6.07 Å². The van der Waals surface area contributed by atoms with E-state index >= 15 is 0 Å². The third-order valence-corrected chi connectivity index (χ3v) is 2.37. The maximum atomic E-state index is 10.9. The molecule has 0 aliphatic carbocycles. The van der Waals surface area contributed by atoms with Gasteiger partial charge < -0.3 is 16.2 Å². The molecule has 18 heavy (non-hydrogen) atoms. The summed E-state index contributed by atoms with van der Waals surface area (Å²) in [6.45, 7) is 0.540. The van der Waals surface area contributed by atoms with Gasteiger partial charge in [-0.25, -0.2) is 4.79 Å². The van der Waals surface area contributed by atoms with Gasteiger partial charge in [0.15, 0.2) is 5.82 Å². The topological polar surface area (TPSA) is 101 Å². The molecule has 0 atom stereocenters. The molecule has 6 nitrogen and oxygen atoms in total. The summed E-state index contributed by atoms with van der Waals surface area (Å²) in [5.41, 5.74) is 6.42. The minimum atomic E-state index is -1.12. The summed E-state index contributed by atoms with van der Waals surface area (Å²) in [6.07, 6.45) is 0. The Morgan fingerprint density at radius 2 is 2.00 bits per heavy atom. The van der Waals surface area contributed by atoms with E-state index in [0.717, 1.165) is 5.56 Å². The Morgan fingerprint density at radius 3 is 2.67 bits per heavy atom. The van der Waals surface area contributed by atoms with Crippen LogP contribution in [0.1, 0.15) is 15.9 Å². The van der Waals surface area contributed by atoms with Crippen LogP contribution < -0.4 is 11.1 Å². The Kier molecular flexibility index (Phi) is 3.38. The van der Waals surface area contributed by atoms with E-state index in [1.54, 1.807) is 0 Å². The van der Waals surface area contributed by atoms with Crippen LogP contribution in [0.3, 0.4) is 0 Å². The molecule has 0 bridgehead atoms. The molecule has 0 saturated carbocycles. The molecule has 92 valence electrons. The standard InChI is InChI=1S/C12H12N4O2/c13-11-9(12(17)18)6-10(15-16-11)14-7-8-4-2-1-3-5-8/h1-6H,7H2,(H2,13,16)(H,14,15)(H,17,18). The largest absolute Gasteiger partial charge is 0.478 e. The van der Waals surface area contributed by atoms with Crippen LogP contribution in [-0.2, 0) is 6.54 Å². The number of nitrogens with zero attached hydrogens (tertiary/aromatic N) is 2. The zero-order chi connectivity index (χ0) is 13.0. The molecular formula is C12H12N4O2. The Hall–Kier alpha value is -2.63. The van der Waals surface area contributed by atoms with Crippen molar-refractivity contribution in [1.82, 2.24) is 10.2 Å². The van der Waals surface area contributed by atoms with E-state index in [-0.39, 0.29) is 11.4 Å². The Balaban J connectivity index is 2.11. The van der Waals surface area contributed by atoms with Crippen LogP contribution in [-0.4, -0.2) is 21.3 Å². The highest BCUT2D eigenvalue weighted by atomic mass is 16.4. The van der Waals surface area contributed by atoms with E-state index in [1.807, 2.05) is 30.3 Å². The minimum absolute atomic E-state index is 0.0550. The van der Waals surface area contributed by atoms with Crippen LogP contribution in [0.25, 0.3) is 0 Å². The van der Waals surface area contributed by atoms with Crippen molar-refractivity contribution in [3.8, 4) is 0 Å². The molecule has 0 fully saturated rings. The van der Waals surface area contributed by atoms with Gasteiger partial charge in [0, 0.05) is 12.6 Å². The monoisotopic (exact) mass is 244 g/mol. The minimum Gasteiger partial charge on any atom is -0.478 e. The fraction of sp³-hybridized carbons (Fsp3) is 0.0833. The number of carboxylic acid groups (broad SMARTS) is 1. The van der Waals surface area contributed by atoms with Crippen molar-refractivity contribution >= 4 is 17.6 Å². The lowest BCUT2D eigenvalue weighted by Crippen LogP contribution is -2.09. The van der Waals surface area contributed by atoms with Gasteiger partial charge in [-0.3, -0.25) is 0 Å². The van der Waals surface area contributed by atoms with Crippen molar-refractivity contribution in [2.75, 3.05) is 11.1 Å². The van der Waals surface area contributed by atoms with Gasteiger partial charge in [0.2, 0.25) is 0 Å². The van der Waals surface area contributed by atoms with Gasteiger partial charge in [0.1, 0.15) is 11.4 Å². The number of nitrogens with two attached hydrogens (primary N) is 1. The number of carboxylic acids is 1. The van der Waals surface area contributed by atoms with Crippen molar-refractivity contribution in [2.24, 2.45) is 0 Å². The fourth-order valence-corrected chi connectivity index (χ4v) is 1.45. The number of hydrogen-bond donors (Lipinski definition) is 3. The molecule has 0 spiro atoms. The number of hydrogen-bond acceptors (Lipinski definition) is 5. The summed E-state index contributed by atoms with van der Waals surface area (Å²) < 4.78 is 0. The normalized spacial score (nSPS) is 10.0. The second kappa shape index (κ2) is 5.13. The smallest absolute Gasteiger partial charge is 0.339 e. The molecule has 0 amide bonds. The van der Waals surface area contributed by atoms with Gasteiger partial charge in [-0.15, -0.1) is 10.2 Å². The Labute approximate surface area is 103 Å². The Morgan fingerprint density at radius 1 is 1.28 bits per heavy atom. The number of nitrogen functional groups attached to an aromatic ring is 1. The van der Waals surface area contributed by atoms with Crippen molar-refractivity contribution in [3.63, 3.8) is 0 Å². The Bertz CT molecular complexity index is 557. The average molecular weight is 244 g/mol. The summed E-state index contributed by atoms with van der Waals surface area (Å²) in [6, 6.07) is 11.1. The zero-order valence-electron chi connectivity index (χ0n) is 9.50. The molecule has 2 aromatic rings. The summed E-state index contributed by atoms with van der Waals surface area (Å²) >= 11 is 0. The van der Waals surface area contributed by atoms with Crippen molar-refractivity contribution < 1.29 is 9.90 Å². The molecule has 1 aromatic carbocycles. The van der Waals surface area contributed by atoms with Crippen LogP contribution in [0, 0.1) is 0 Å². The molecule has 0 unspecified atom stereocenters. The highest BCUT2D eigenvalue weighted by Gasteiger charge is 2.10. The number of nitrogens with one attached hydrogen (secondary N) is 1. The predicted molar refractivity (Wildman–Crippen MR) is 67.2 cm³/mol. The fourth-order valence-electron chi connectivity index (χ4n) is 1.45. The third-order valence-electron chi connectivity index (χ3n) is 2.37.